The van der Waals surface area contributed by atoms with Crippen molar-refractivity contribution in [1.29, 1.82) is 0 Å². The zero-order valence-corrected chi connectivity index (χ0v) is 8.35. The SMILES string of the molecule is O=C[B]N1CCc2cc(C=O)ccc2C1. The van der Waals surface area contributed by atoms with Gasteiger partial charge in [-0.25, -0.2) is 0 Å². The third kappa shape index (κ3) is 2.15. The standard InChI is InChI=1S/C11H11BNO2/c14-7-9-1-2-11-6-13(12-8-15)4-3-10(11)5-9/h1-2,5,7-8H,3-4,6H2. The van der Waals surface area contributed by atoms with E-state index in [-0.39, 0.29) is 0 Å². The first kappa shape index (κ1) is 10.1. The summed E-state index contributed by atoms with van der Waals surface area (Å²) in [5.41, 5.74) is 3.14. The lowest BCUT2D eigenvalue weighted by Crippen LogP contribution is -2.34. The van der Waals surface area contributed by atoms with Crippen LogP contribution in [-0.4, -0.2) is 31.2 Å². The molecule has 0 amide bonds. The van der Waals surface area contributed by atoms with Crippen molar-refractivity contribution in [3.8, 4) is 0 Å². The van der Waals surface area contributed by atoms with Crippen molar-refractivity contribution in [1.82, 2.24) is 4.81 Å². The summed E-state index contributed by atoms with van der Waals surface area (Å²) in [6.07, 6.45) is 2.57. The quantitative estimate of drug-likeness (QED) is 0.531. The van der Waals surface area contributed by atoms with Crippen molar-refractivity contribution in [2.75, 3.05) is 6.54 Å². The number of hydrogen-bond donors (Lipinski definition) is 0. The van der Waals surface area contributed by atoms with Crippen LogP contribution in [0.2, 0.25) is 0 Å². The molecule has 0 atom stereocenters. The van der Waals surface area contributed by atoms with E-state index in [2.05, 4.69) is 0 Å². The minimum atomic E-state index is 0.724. The molecule has 0 saturated carbocycles. The molecule has 2 rings (SSSR count). The van der Waals surface area contributed by atoms with E-state index < -0.39 is 0 Å². The maximum Gasteiger partial charge on any atom is 0.293 e. The Balaban J connectivity index is 2.20. The Kier molecular flexibility index (Phi) is 2.97. The van der Waals surface area contributed by atoms with Crippen LogP contribution in [0.5, 0.6) is 0 Å². The molecule has 0 aliphatic carbocycles. The maximum absolute atomic E-state index is 10.6. The number of fused-ring (bicyclic) bond motifs is 1. The first-order valence-electron chi connectivity index (χ1n) is 4.93. The molecule has 1 radical (unpaired) electrons. The van der Waals surface area contributed by atoms with E-state index in [9.17, 15) is 9.59 Å². The Morgan fingerprint density at radius 3 is 2.87 bits per heavy atom. The lowest BCUT2D eigenvalue weighted by molar-refractivity contribution is 0.112. The Morgan fingerprint density at radius 1 is 1.27 bits per heavy atom. The fourth-order valence-corrected chi connectivity index (χ4v) is 1.88. The summed E-state index contributed by atoms with van der Waals surface area (Å²) in [6.45, 7) is 1.60. The second-order valence-electron chi connectivity index (χ2n) is 3.65. The van der Waals surface area contributed by atoms with E-state index in [4.69, 9.17) is 0 Å². The molecule has 4 heteroatoms. The maximum atomic E-state index is 10.6. The molecule has 1 aliphatic rings. The van der Waals surface area contributed by atoms with Gasteiger partial charge >= 0.3 is 0 Å². The van der Waals surface area contributed by atoms with Gasteiger partial charge in [0.1, 0.15) is 6.29 Å². The van der Waals surface area contributed by atoms with Crippen LogP contribution in [0.1, 0.15) is 21.5 Å². The number of carbonyl (C=O) groups is 2. The van der Waals surface area contributed by atoms with E-state index in [0.29, 0.717) is 0 Å². The summed E-state index contributed by atoms with van der Waals surface area (Å²) in [7, 11) is 1.57. The number of benzene rings is 1. The lowest BCUT2D eigenvalue weighted by atomic mass is 9.88. The van der Waals surface area contributed by atoms with Gasteiger partial charge in [-0.15, -0.1) is 0 Å². The highest BCUT2D eigenvalue weighted by atomic mass is 16.1. The van der Waals surface area contributed by atoms with Crippen molar-refractivity contribution in [3.63, 3.8) is 0 Å². The molecular weight excluding hydrogens is 189 g/mol. The molecule has 3 nitrogen and oxygen atoms in total. The molecule has 0 N–H and O–H groups in total. The Morgan fingerprint density at radius 2 is 2.13 bits per heavy atom. The van der Waals surface area contributed by atoms with Gasteiger partial charge < -0.3 is 9.61 Å². The van der Waals surface area contributed by atoms with Gasteiger partial charge in [0.25, 0.3) is 7.41 Å². The van der Waals surface area contributed by atoms with Crippen LogP contribution in [0.25, 0.3) is 0 Å². The lowest BCUT2D eigenvalue weighted by Gasteiger charge is -2.26. The molecule has 0 bridgehead atoms. The van der Waals surface area contributed by atoms with E-state index >= 15 is 0 Å². The summed E-state index contributed by atoms with van der Waals surface area (Å²) in [5.74, 6) is 0. The van der Waals surface area contributed by atoms with Crippen LogP contribution in [0.4, 0.5) is 0 Å². The molecule has 0 unspecified atom stereocenters. The van der Waals surface area contributed by atoms with Gasteiger partial charge in [-0.3, -0.25) is 4.79 Å². The van der Waals surface area contributed by atoms with E-state index in [0.717, 1.165) is 37.5 Å². The molecule has 0 spiro atoms. The van der Waals surface area contributed by atoms with Crippen molar-refractivity contribution >= 4 is 19.9 Å². The van der Waals surface area contributed by atoms with E-state index in [1.807, 2.05) is 23.0 Å². The van der Waals surface area contributed by atoms with Crippen LogP contribution in [0.15, 0.2) is 18.2 Å². The van der Waals surface area contributed by atoms with Crippen LogP contribution < -0.4 is 0 Å². The van der Waals surface area contributed by atoms with Crippen LogP contribution in [0, 0.1) is 0 Å². The van der Waals surface area contributed by atoms with Crippen LogP contribution in [0.3, 0.4) is 0 Å². The molecule has 0 aromatic heterocycles. The minimum Gasteiger partial charge on any atom is -0.336 e. The van der Waals surface area contributed by atoms with Gasteiger partial charge in [-0.05, 0) is 30.2 Å². The Bertz CT molecular complexity index is 392. The average Bonchev–Trinajstić information content (AvgIpc) is 2.29. The fraction of sp³-hybridized carbons (Fsp3) is 0.273. The number of nitrogens with zero attached hydrogens (tertiary/aromatic N) is 1. The predicted molar refractivity (Wildman–Crippen MR) is 58.4 cm³/mol. The van der Waals surface area contributed by atoms with Gasteiger partial charge in [0, 0.05) is 12.1 Å². The first-order valence-corrected chi connectivity index (χ1v) is 4.93. The van der Waals surface area contributed by atoms with Crippen molar-refractivity contribution in [3.05, 3.63) is 34.9 Å². The zero-order chi connectivity index (χ0) is 10.7. The minimum absolute atomic E-state index is 0.724. The molecule has 1 aromatic carbocycles. The number of carbonyl (C=O) groups excluding carboxylic acids is 2. The molecule has 1 heterocycles. The normalized spacial score (nSPS) is 15.5. The highest BCUT2D eigenvalue weighted by molar-refractivity contribution is 6.64. The monoisotopic (exact) mass is 200 g/mol. The second-order valence-corrected chi connectivity index (χ2v) is 3.65. The van der Waals surface area contributed by atoms with Gasteiger partial charge in [0.15, 0.2) is 0 Å². The van der Waals surface area contributed by atoms with Crippen LogP contribution >= 0.6 is 0 Å². The fourth-order valence-electron chi connectivity index (χ4n) is 1.88. The van der Waals surface area contributed by atoms with E-state index in [1.54, 1.807) is 7.41 Å². The highest BCUT2D eigenvalue weighted by Crippen LogP contribution is 2.18. The predicted octanol–water partition coefficient (Wildman–Crippen LogP) is 0.667. The molecule has 15 heavy (non-hydrogen) atoms. The van der Waals surface area contributed by atoms with Crippen molar-refractivity contribution in [2.24, 2.45) is 0 Å². The van der Waals surface area contributed by atoms with Crippen molar-refractivity contribution < 1.29 is 9.59 Å². The Labute approximate surface area is 89.3 Å². The molecule has 0 saturated heterocycles. The van der Waals surface area contributed by atoms with Gasteiger partial charge in [0.2, 0.25) is 0 Å². The molecule has 75 valence electrons. The van der Waals surface area contributed by atoms with Crippen molar-refractivity contribution in [2.45, 2.75) is 13.0 Å². The van der Waals surface area contributed by atoms with Gasteiger partial charge in [-0.2, -0.15) is 0 Å². The summed E-state index contributed by atoms with van der Waals surface area (Å²) in [6, 6.07) is 5.71. The third-order valence-corrected chi connectivity index (χ3v) is 2.68. The van der Waals surface area contributed by atoms with Crippen LogP contribution in [-0.2, 0) is 17.8 Å². The average molecular weight is 200 g/mol. The Hall–Kier alpha value is -1.42. The topological polar surface area (TPSA) is 37.4 Å². The third-order valence-electron chi connectivity index (χ3n) is 2.68. The second kappa shape index (κ2) is 4.40. The number of aldehydes is 1. The zero-order valence-electron chi connectivity index (χ0n) is 8.35. The first-order chi connectivity index (χ1) is 7.33. The number of rotatable bonds is 3. The highest BCUT2D eigenvalue weighted by Gasteiger charge is 2.16. The van der Waals surface area contributed by atoms with E-state index in [1.165, 1.54) is 11.1 Å². The summed E-state index contributed by atoms with van der Waals surface area (Å²) >= 11 is 0. The number of hydrogen-bond acceptors (Lipinski definition) is 3. The summed E-state index contributed by atoms with van der Waals surface area (Å²) in [4.78, 5) is 22.9. The van der Waals surface area contributed by atoms with Gasteiger partial charge in [0.05, 0.1) is 6.19 Å². The summed E-state index contributed by atoms with van der Waals surface area (Å²) in [5, 5.41) is 0. The molecule has 1 aromatic rings. The molecular formula is C11H11BNO2. The molecule has 0 fully saturated rings. The smallest absolute Gasteiger partial charge is 0.293 e. The largest absolute Gasteiger partial charge is 0.336 e. The van der Waals surface area contributed by atoms with Gasteiger partial charge in [-0.1, -0.05) is 12.1 Å². The summed E-state index contributed by atoms with van der Waals surface area (Å²) < 4.78 is 0. The molecule has 1 aliphatic heterocycles.